The second-order valence-corrected chi connectivity index (χ2v) is 13.0. The highest BCUT2D eigenvalue weighted by Gasteiger charge is 2.42. The van der Waals surface area contributed by atoms with E-state index in [4.69, 9.17) is 19.3 Å². The van der Waals surface area contributed by atoms with Crippen molar-refractivity contribution in [1.82, 2.24) is 15.5 Å². The number of carbonyl (C=O) groups is 2. The second kappa shape index (κ2) is 18.6. The Labute approximate surface area is 260 Å². The molecule has 4 fully saturated rings. The lowest BCUT2D eigenvalue weighted by Crippen LogP contribution is -2.57. The van der Waals surface area contributed by atoms with Crippen molar-refractivity contribution >= 4 is 12.0 Å². The Morgan fingerprint density at radius 2 is 1.72 bits per heavy atom. The number of carbonyl (C=O) groups excluding carboxylic acids is 2. The number of aliphatic hydroxyl groups excluding tert-OH is 1. The second-order valence-electron chi connectivity index (χ2n) is 13.0. The fraction of sp³-hybridized carbons (Fsp3) is 0.765. The van der Waals surface area contributed by atoms with Gasteiger partial charge in [0.2, 0.25) is 5.91 Å². The minimum atomic E-state index is -0.386. The number of aryl methyl sites for hydroxylation is 1. The predicted molar refractivity (Wildman–Crippen MR) is 171 cm³/mol. The van der Waals surface area contributed by atoms with Gasteiger partial charge in [-0.15, -0.1) is 0 Å². The van der Waals surface area contributed by atoms with Crippen molar-refractivity contribution in [2.45, 2.75) is 110 Å². The first-order valence-corrected chi connectivity index (χ1v) is 15.9. The molecule has 0 aromatic heterocycles. The van der Waals surface area contributed by atoms with E-state index >= 15 is 0 Å². The van der Waals surface area contributed by atoms with Gasteiger partial charge in [0.25, 0.3) is 0 Å². The monoisotopic (exact) mass is 605 g/mol. The highest BCUT2D eigenvalue weighted by atomic mass is 16.7. The molecule has 1 aromatic carbocycles. The number of nitrogens with zero attached hydrogens (tertiary/aromatic N) is 1. The maximum Gasteiger partial charge on any atom is 0.407 e. The van der Waals surface area contributed by atoms with Gasteiger partial charge in [-0.1, -0.05) is 62.6 Å². The quantitative estimate of drug-likeness (QED) is 0.378. The topological polar surface area (TPSA) is 109 Å². The number of nitrogens with one attached hydrogen (secondary N) is 2. The molecule has 43 heavy (non-hydrogen) atoms. The van der Waals surface area contributed by atoms with Crippen LogP contribution in [0, 0.1) is 24.7 Å². The first kappa shape index (κ1) is 37.0. The fourth-order valence-electron chi connectivity index (χ4n) is 6.60. The van der Waals surface area contributed by atoms with Gasteiger partial charge in [0.05, 0.1) is 12.6 Å². The van der Waals surface area contributed by atoms with Crippen LogP contribution in [0.3, 0.4) is 0 Å². The van der Waals surface area contributed by atoms with Crippen LogP contribution >= 0.6 is 0 Å². The highest BCUT2D eigenvalue weighted by Crippen LogP contribution is 2.39. The normalized spacial score (nSPS) is 28.2. The molecule has 1 aromatic rings. The number of aliphatic hydroxyl groups is 1. The van der Waals surface area contributed by atoms with E-state index < -0.39 is 0 Å². The number of alkyl carbamates (subject to hydrolysis) is 1. The van der Waals surface area contributed by atoms with E-state index in [0.717, 1.165) is 45.9 Å². The average Bonchev–Trinajstić information content (AvgIpc) is 3.38. The Morgan fingerprint density at radius 1 is 1.02 bits per heavy atom. The Kier molecular flexibility index (Phi) is 16.0. The number of piperidine rings is 1. The maximum atomic E-state index is 13.1. The zero-order valence-corrected chi connectivity index (χ0v) is 26.5. The Hall–Kier alpha value is -2.20. The molecule has 0 radical (unpaired) electrons. The highest BCUT2D eigenvalue weighted by molar-refractivity contribution is 5.82. The molecule has 3 N–H and O–H groups in total. The summed E-state index contributed by atoms with van der Waals surface area (Å²) < 4.78 is 16.8. The van der Waals surface area contributed by atoms with Gasteiger partial charge in [0, 0.05) is 44.8 Å². The van der Waals surface area contributed by atoms with Gasteiger partial charge in [0.15, 0.2) is 6.29 Å². The molecular weight excluding hydrogens is 546 g/mol. The van der Waals surface area contributed by atoms with E-state index in [9.17, 15) is 9.59 Å². The van der Waals surface area contributed by atoms with Crippen molar-refractivity contribution in [1.29, 1.82) is 0 Å². The molecule has 6 atom stereocenters. The predicted octanol–water partition coefficient (Wildman–Crippen LogP) is 5.29. The molecule has 9 nitrogen and oxygen atoms in total. The van der Waals surface area contributed by atoms with E-state index in [0.29, 0.717) is 31.6 Å². The van der Waals surface area contributed by atoms with E-state index in [2.05, 4.69) is 34.6 Å². The van der Waals surface area contributed by atoms with Crippen LogP contribution in [-0.2, 0) is 19.0 Å². The number of likely N-dealkylation sites (tertiary alicyclic amines) is 1. The number of amides is 2. The van der Waals surface area contributed by atoms with Gasteiger partial charge in [0.1, 0.15) is 6.10 Å². The number of fused-ring (bicyclic) bond motifs is 2. The number of hydrogen-bond acceptors (Lipinski definition) is 7. The Bertz CT molecular complexity index is 940. The lowest BCUT2D eigenvalue weighted by molar-refractivity contribution is -0.152. The summed E-state index contributed by atoms with van der Waals surface area (Å²) in [5.74, 6) is 1.65. The van der Waals surface area contributed by atoms with E-state index in [1.54, 1.807) is 0 Å². The lowest BCUT2D eigenvalue weighted by Gasteiger charge is -2.46. The molecule has 3 aliphatic heterocycles. The Morgan fingerprint density at radius 3 is 2.37 bits per heavy atom. The number of rotatable bonds is 6. The lowest BCUT2D eigenvalue weighted by atomic mass is 9.72. The van der Waals surface area contributed by atoms with Crippen molar-refractivity contribution in [3.8, 4) is 0 Å². The van der Waals surface area contributed by atoms with Crippen LogP contribution in [0.2, 0.25) is 0 Å². The first-order chi connectivity index (χ1) is 20.2. The third kappa shape index (κ3) is 12.0. The van der Waals surface area contributed by atoms with Crippen LogP contribution in [0.5, 0.6) is 0 Å². The van der Waals surface area contributed by atoms with Crippen molar-refractivity contribution in [3.05, 3.63) is 35.9 Å². The van der Waals surface area contributed by atoms with Crippen LogP contribution in [-0.4, -0.2) is 85.9 Å². The van der Waals surface area contributed by atoms with Crippen LogP contribution in [0.1, 0.15) is 85.1 Å². The number of benzene rings is 1. The van der Waals surface area contributed by atoms with Gasteiger partial charge >= 0.3 is 6.09 Å². The van der Waals surface area contributed by atoms with Gasteiger partial charge < -0.3 is 30.0 Å². The summed E-state index contributed by atoms with van der Waals surface area (Å²) in [7, 11) is 1.00. The molecule has 1 saturated carbocycles. The molecule has 2 unspecified atom stereocenters. The van der Waals surface area contributed by atoms with Gasteiger partial charge in [-0.2, -0.15) is 0 Å². The van der Waals surface area contributed by atoms with Crippen LogP contribution in [0.15, 0.2) is 30.3 Å². The molecule has 246 valence electrons. The molecule has 4 aliphatic rings. The van der Waals surface area contributed by atoms with Crippen LogP contribution in [0.25, 0.3) is 0 Å². The van der Waals surface area contributed by atoms with E-state index in [1.165, 1.54) is 31.2 Å². The standard InChI is InChI=1S/C25H43N3O5.C7H8.CH4O.CH4/c1-25(2,3)27-22(29)20-14-17-8-4-5-9-18(17)15-28(20)12-7-11-26-24(30)33-21-16-32-23-19(21)10-6-13-31-23;1-7-5-3-2-4-6-7;1-2;/h17-21,23H,4-16H2,1-3H3,(H,26,30)(H,27,29);2-6H,1H3;2H,1H3;1H4/t17?,18?,19-,20+,21-,23+;;;/m1.../s1. The zero-order chi connectivity index (χ0) is 30.5. The largest absolute Gasteiger partial charge is 0.443 e. The summed E-state index contributed by atoms with van der Waals surface area (Å²) in [6, 6.07) is 10.2. The smallest absolute Gasteiger partial charge is 0.407 e. The van der Waals surface area contributed by atoms with E-state index in [1.807, 2.05) is 39.0 Å². The molecule has 3 heterocycles. The third-order valence-corrected chi connectivity index (χ3v) is 8.61. The first-order valence-electron chi connectivity index (χ1n) is 15.9. The number of ether oxygens (including phenoxy) is 3. The maximum absolute atomic E-state index is 13.1. The van der Waals surface area contributed by atoms with Crippen molar-refractivity contribution in [3.63, 3.8) is 0 Å². The molecule has 1 aliphatic carbocycles. The minimum Gasteiger partial charge on any atom is -0.443 e. The fourth-order valence-corrected chi connectivity index (χ4v) is 6.60. The average molecular weight is 606 g/mol. The van der Waals surface area contributed by atoms with Crippen molar-refractivity contribution in [2.24, 2.45) is 17.8 Å². The molecule has 0 spiro atoms. The molecule has 2 amide bonds. The van der Waals surface area contributed by atoms with Crippen molar-refractivity contribution < 1.29 is 28.9 Å². The summed E-state index contributed by atoms with van der Waals surface area (Å²) in [5.41, 5.74) is 1.09. The Balaban J connectivity index is 0.000000560. The SMILES string of the molecule is C.CC(C)(C)NC(=O)[C@@H]1CC2CCCCC2CN1CCCNC(=O)O[C@@H]1CO[C@@H]2OCCC[C@@H]21.CO.Cc1ccccc1. The molecule has 5 rings (SSSR count). The van der Waals surface area contributed by atoms with Gasteiger partial charge in [-0.05, 0) is 71.6 Å². The minimum absolute atomic E-state index is 0. The summed E-state index contributed by atoms with van der Waals surface area (Å²) >= 11 is 0. The summed E-state index contributed by atoms with van der Waals surface area (Å²) in [4.78, 5) is 27.8. The van der Waals surface area contributed by atoms with Gasteiger partial charge in [-0.3, -0.25) is 9.69 Å². The molecule has 0 bridgehead atoms. The van der Waals surface area contributed by atoms with Gasteiger partial charge in [-0.25, -0.2) is 4.79 Å². The van der Waals surface area contributed by atoms with Crippen molar-refractivity contribution in [2.75, 3.05) is 40.0 Å². The van der Waals surface area contributed by atoms with Crippen LogP contribution < -0.4 is 10.6 Å². The molecule has 9 heteroatoms. The number of hydrogen-bond donors (Lipinski definition) is 3. The molecular formula is C34H59N3O6. The third-order valence-electron chi connectivity index (χ3n) is 8.61. The summed E-state index contributed by atoms with van der Waals surface area (Å²) in [6.07, 6.45) is 7.98. The molecule has 3 saturated heterocycles. The van der Waals surface area contributed by atoms with E-state index in [-0.39, 0.29) is 49.3 Å². The summed E-state index contributed by atoms with van der Waals surface area (Å²) in [5, 5.41) is 13.1. The summed E-state index contributed by atoms with van der Waals surface area (Å²) in [6.45, 7) is 11.6. The zero-order valence-electron chi connectivity index (χ0n) is 26.5. The van der Waals surface area contributed by atoms with Crippen LogP contribution in [0.4, 0.5) is 4.79 Å².